The van der Waals surface area contributed by atoms with Crippen molar-refractivity contribution in [3.05, 3.63) is 131 Å². The molecule has 62 heavy (non-hydrogen) atoms. The van der Waals surface area contributed by atoms with Crippen molar-refractivity contribution >= 4 is 27.0 Å². The molecule has 0 bridgehead atoms. The molecule has 2 aliphatic carbocycles. The largest absolute Gasteiger partial charge is 1.00 e. The van der Waals surface area contributed by atoms with Crippen molar-refractivity contribution in [2.45, 2.75) is 168 Å². The van der Waals surface area contributed by atoms with Gasteiger partial charge in [0.15, 0.2) is 0 Å². The number of fused-ring (bicyclic) bond motifs is 2. The summed E-state index contributed by atoms with van der Waals surface area (Å²) in [6.07, 6.45) is 23.5. The van der Waals surface area contributed by atoms with E-state index in [4.69, 9.17) is 0 Å². The van der Waals surface area contributed by atoms with E-state index in [0.29, 0.717) is 11.8 Å². The first kappa shape index (κ1) is 52.4. The molecule has 2 aliphatic rings. The maximum Gasteiger partial charge on any atom is -1.00 e. The van der Waals surface area contributed by atoms with Crippen LogP contribution in [-0.4, -0.2) is 5.43 Å². The first-order valence-corrected chi connectivity index (χ1v) is 30.3. The molecule has 4 heteroatoms. The van der Waals surface area contributed by atoms with Crippen molar-refractivity contribution in [2.75, 3.05) is 0 Å². The minimum atomic E-state index is 0. The van der Waals surface area contributed by atoms with Crippen LogP contribution in [0.3, 0.4) is 0 Å². The van der Waals surface area contributed by atoms with Crippen LogP contribution in [0.2, 0.25) is 12.6 Å². The van der Waals surface area contributed by atoms with E-state index >= 15 is 0 Å². The van der Waals surface area contributed by atoms with Crippen LogP contribution >= 0.6 is 0 Å². The fraction of sp³-hybridized carbons (Fsp3) is 0.483. The Balaban J connectivity index is 0.000000234. The monoisotopic (exact) mass is 960 g/mol. The maximum absolute atomic E-state index is 2.47. The van der Waals surface area contributed by atoms with Gasteiger partial charge in [-0.15, -0.1) is 69.1 Å². The average Bonchev–Trinajstić information content (AvgIpc) is 3.66. The smallest absolute Gasteiger partial charge is 1.00 e. The van der Waals surface area contributed by atoms with Gasteiger partial charge < -0.3 is 24.8 Å². The number of hydrogen-bond donors (Lipinski definition) is 0. The van der Waals surface area contributed by atoms with Crippen molar-refractivity contribution in [1.82, 2.24) is 0 Å². The van der Waals surface area contributed by atoms with Gasteiger partial charge in [-0.1, -0.05) is 177 Å². The van der Waals surface area contributed by atoms with Gasteiger partial charge in [-0.05, 0) is 71.6 Å². The second-order valence-electron chi connectivity index (χ2n) is 18.9. The van der Waals surface area contributed by atoms with Gasteiger partial charge in [-0.3, -0.25) is 0 Å². The van der Waals surface area contributed by atoms with Crippen LogP contribution in [0.25, 0.3) is 43.8 Å². The Morgan fingerprint density at radius 2 is 0.919 bits per heavy atom. The predicted octanol–water partition coefficient (Wildman–Crippen LogP) is 12.1. The fourth-order valence-corrected chi connectivity index (χ4v) is 12.6. The zero-order valence-corrected chi connectivity index (χ0v) is 44.2. The third-order valence-electron chi connectivity index (χ3n) is 14.1. The van der Waals surface area contributed by atoms with Gasteiger partial charge >= 0.3 is 54.7 Å². The van der Waals surface area contributed by atoms with E-state index < -0.39 is 0 Å². The molecule has 8 rings (SSSR count). The van der Waals surface area contributed by atoms with Crippen LogP contribution in [0.15, 0.2) is 109 Å². The summed E-state index contributed by atoms with van der Waals surface area (Å²) in [7, 11) is 0. The molecule has 0 N–H and O–H groups in total. The van der Waals surface area contributed by atoms with Crippen LogP contribution in [0.1, 0.15) is 165 Å². The van der Waals surface area contributed by atoms with E-state index in [0.717, 1.165) is 11.8 Å². The predicted molar refractivity (Wildman–Crippen MR) is 264 cm³/mol. The van der Waals surface area contributed by atoms with E-state index in [9.17, 15) is 0 Å². The van der Waals surface area contributed by atoms with Crippen molar-refractivity contribution in [3.8, 4) is 22.3 Å². The Labute approximate surface area is 405 Å². The van der Waals surface area contributed by atoms with E-state index in [2.05, 4.69) is 150 Å². The quantitative estimate of drug-likeness (QED) is 0.0651. The molecule has 2 fully saturated rings. The van der Waals surface area contributed by atoms with E-state index in [1.54, 1.807) is 34.5 Å². The zero-order valence-electron chi connectivity index (χ0n) is 39.2. The number of halogens is 2. The van der Waals surface area contributed by atoms with Crippen LogP contribution < -0.4 is 24.8 Å². The molecule has 0 nitrogen and oxygen atoms in total. The number of hydrogen-bond acceptors (Lipinski definition) is 0. The number of benzene rings is 4. The van der Waals surface area contributed by atoms with Crippen LogP contribution in [0.5, 0.6) is 0 Å². The molecule has 0 aliphatic heterocycles. The van der Waals surface area contributed by atoms with Gasteiger partial charge in [0.1, 0.15) is 0 Å². The van der Waals surface area contributed by atoms with E-state index in [1.807, 2.05) is 0 Å². The van der Waals surface area contributed by atoms with Crippen molar-refractivity contribution in [1.29, 1.82) is 0 Å². The van der Waals surface area contributed by atoms with Crippen LogP contribution in [0, 0.1) is 11.8 Å². The minimum absolute atomic E-state index is 0. The van der Waals surface area contributed by atoms with Crippen LogP contribution in [-0.2, 0) is 36.2 Å². The standard InChI is InChI=1S/2C27H33.C4H10Si.2ClH.Zr/c2*1-3-20(2)23-13-15-24(16-14-23)26-12-8-11-25-18-22(19-27(25)26)17-21-9-6-4-5-7-10-21;1-3-4-5-2;;;/h2*8,11-16,18-21H,3-7,9-10,17H2,1-2H3;3-4H2,1-2H3;2*1H;/q2*-1;;;;+2/p-2. The summed E-state index contributed by atoms with van der Waals surface area (Å²) < 4.78 is 0. The summed E-state index contributed by atoms with van der Waals surface area (Å²) in [6.45, 7) is 13.8. The third-order valence-corrected chi connectivity index (χ3v) is 17.1. The zero-order chi connectivity index (χ0) is 42.3. The van der Waals surface area contributed by atoms with Gasteiger partial charge in [-0.2, -0.15) is 12.1 Å². The van der Waals surface area contributed by atoms with Crippen molar-refractivity contribution in [3.63, 3.8) is 0 Å². The Morgan fingerprint density at radius 1 is 0.548 bits per heavy atom. The topological polar surface area (TPSA) is 0 Å². The van der Waals surface area contributed by atoms with Gasteiger partial charge in [0, 0.05) is 0 Å². The summed E-state index contributed by atoms with van der Waals surface area (Å²) >= 11 is 1.79. The molecular formula is C58H76Cl2SiZr-2. The molecule has 2 atom stereocenters. The van der Waals surface area contributed by atoms with Gasteiger partial charge in [-0.25, -0.2) is 0 Å². The molecule has 332 valence electrons. The Kier molecular flexibility index (Phi) is 23.1. The molecule has 2 saturated carbocycles. The van der Waals surface area contributed by atoms with Crippen LogP contribution in [0.4, 0.5) is 0 Å². The molecule has 0 amide bonds. The SMILES string of the molecule is CCC(C)c1ccc(-c2cccc3[cH-]c(CC4CCCCCC4)cc23)cc1.CCC(C)c1ccc(-c2cccc3[cH-]c(CC4CCCCCC4)cc23)cc1.CCC[Si](C)=[Zr+2].[Cl-].[Cl-]. The van der Waals surface area contributed by atoms with Gasteiger partial charge in [0.05, 0.1) is 0 Å². The molecule has 0 heterocycles. The van der Waals surface area contributed by atoms with E-state index in [-0.39, 0.29) is 30.2 Å². The van der Waals surface area contributed by atoms with E-state index in [1.165, 1.54) is 170 Å². The summed E-state index contributed by atoms with van der Waals surface area (Å²) in [5.74, 6) is 3.06. The minimum Gasteiger partial charge on any atom is -1.00 e. The van der Waals surface area contributed by atoms with Gasteiger partial charge in [0.25, 0.3) is 0 Å². The molecule has 0 aromatic heterocycles. The normalized spacial score (nSPS) is 15.7. The Morgan fingerprint density at radius 3 is 1.23 bits per heavy atom. The molecule has 6 aromatic rings. The first-order valence-electron chi connectivity index (χ1n) is 24.4. The Bertz CT molecular complexity index is 2030. The summed E-state index contributed by atoms with van der Waals surface area (Å²) in [5, 5.41) is 5.67. The molecule has 0 radical (unpaired) electrons. The molecule has 0 saturated heterocycles. The molecule has 0 spiro atoms. The van der Waals surface area contributed by atoms with Crippen molar-refractivity contribution in [2.24, 2.45) is 11.8 Å². The second-order valence-corrected chi connectivity index (χ2v) is 27.2. The average molecular weight is 963 g/mol. The number of rotatable bonds is 12. The third kappa shape index (κ3) is 15.2. The van der Waals surface area contributed by atoms with Crippen molar-refractivity contribution < 1.29 is 48.1 Å². The summed E-state index contributed by atoms with van der Waals surface area (Å²) in [5.41, 5.74) is 11.6. The Hall–Kier alpha value is -2.22. The molecule has 6 aromatic carbocycles. The summed E-state index contributed by atoms with van der Waals surface area (Å²) in [6, 6.07) is 43.4. The first-order chi connectivity index (χ1) is 29.3. The second kappa shape index (κ2) is 27.3. The maximum atomic E-state index is 2.47. The molecule has 2 unspecified atom stereocenters. The molecular weight excluding hydrogens is 887 g/mol. The van der Waals surface area contributed by atoms with Gasteiger partial charge in [0.2, 0.25) is 0 Å². The fourth-order valence-electron chi connectivity index (χ4n) is 9.96. The summed E-state index contributed by atoms with van der Waals surface area (Å²) in [4.78, 5) is 0.